The number of rotatable bonds is 5. The largest absolute Gasteiger partial charge is 0.391 e. The van der Waals surface area contributed by atoms with E-state index in [1.165, 1.54) is 11.1 Å². The molecule has 1 aromatic rings. The number of thiocarbonyl (C=S) groups is 1. The molecular formula is C14H20N2OS. The molecule has 0 heterocycles. The lowest BCUT2D eigenvalue weighted by atomic mass is 10.0. The topological polar surface area (TPSA) is 55.1 Å². The number of hydrogen-bond acceptors (Lipinski definition) is 2. The van der Waals surface area contributed by atoms with Crippen molar-refractivity contribution in [3.8, 4) is 0 Å². The molecule has 1 aromatic carbocycles. The fraction of sp³-hybridized carbons (Fsp3) is 0.429. The average Bonchev–Trinajstić information content (AvgIpc) is 2.25. The first-order chi connectivity index (χ1) is 8.31. The standard InChI is InChI=1S/C14H20N2OS/c1-10-5-4-6-11(9-10)7-8-12(17)16-14(2,3)13(15)18/h4-6,9H,7-8H2,1-3H3,(H2,15,18)(H,16,17). The maximum absolute atomic E-state index is 11.8. The number of carbonyl (C=O) groups excluding carboxylic acids is 1. The van der Waals surface area contributed by atoms with Crippen molar-refractivity contribution in [3.63, 3.8) is 0 Å². The van der Waals surface area contributed by atoms with E-state index in [0.717, 1.165) is 6.42 Å². The van der Waals surface area contributed by atoms with Crippen LogP contribution in [0.25, 0.3) is 0 Å². The first kappa shape index (κ1) is 14.6. The van der Waals surface area contributed by atoms with E-state index in [-0.39, 0.29) is 5.91 Å². The van der Waals surface area contributed by atoms with Gasteiger partial charge in [0, 0.05) is 6.42 Å². The van der Waals surface area contributed by atoms with Crippen molar-refractivity contribution in [3.05, 3.63) is 35.4 Å². The Labute approximate surface area is 114 Å². The smallest absolute Gasteiger partial charge is 0.221 e. The Hall–Kier alpha value is -1.42. The Morgan fingerprint density at radius 3 is 2.67 bits per heavy atom. The van der Waals surface area contributed by atoms with Crippen LogP contribution in [0.1, 0.15) is 31.4 Å². The highest BCUT2D eigenvalue weighted by molar-refractivity contribution is 7.80. The molecule has 3 N–H and O–H groups in total. The number of nitrogens with one attached hydrogen (secondary N) is 1. The molecule has 0 aliphatic rings. The minimum absolute atomic E-state index is 0.0330. The van der Waals surface area contributed by atoms with Gasteiger partial charge < -0.3 is 11.1 Å². The van der Waals surface area contributed by atoms with Gasteiger partial charge in [0.05, 0.1) is 10.5 Å². The van der Waals surface area contributed by atoms with E-state index in [1.807, 2.05) is 25.1 Å². The summed E-state index contributed by atoms with van der Waals surface area (Å²) in [5, 5.41) is 2.84. The van der Waals surface area contributed by atoms with Crippen molar-refractivity contribution in [2.24, 2.45) is 5.73 Å². The van der Waals surface area contributed by atoms with Crippen LogP contribution in [-0.2, 0) is 11.2 Å². The summed E-state index contributed by atoms with van der Waals surface area (Å²) in [6.45, 7) is 5.65. The molecule has 1 amide bonds. The quantitative estimate of drug-likeness (QED) is 0.801. The zero-order chi connectivity index (χ0) is 13.8. The molecule has 0 unspecified atom stereocenters. The van der Waals surface area contributed by atoms with Crippen LogP contribution in [0.15, 0.2) is 24.3 Å². The van der Waals surface area contributed by atoms with Crippen molar-refractivity contribution in [1.82, 2.24) is 5.32 Å². The third-order valence-corrected chi connectivity index (χ3v) is 3.30. The summed E-state index contributed by atoms with van der Waals surface area (Å²) >= 11 is 4.91. The van der Waals surface area contributed by atoms with E-state index in [2.05, 4.69) is 11.4 Å². The zero-order valence-corrected chi connectivity index (χ0v) is 11.9. The molecule has 0 saturated carbocycles. The molecule has 0 saturated heterocycles. The zero-order valence-electron chi connectivity index (χ0n) is 11.1. The van der Waals surface area contributed by atoms with Crippen LogP contribution in [0.3, 0.4) is 0 Å². The minimum atomic E-state index is -0.626. The Balaban J connectivity index is 2.50. The first-order valence-electron chi connectivity index (χ1n) is 5.98. The van der Waals surface area contributed by atoms with Crippen molar-refractivity contribution in [2.45, 2.75) is 39.2 Å². The number of nitrogens with two attached hydrogens (primary N) is 1. The number of amides is 1. The van der Waals surface area contributed by atoms with E-state index >= 15 is 0 Å². The van der Waals surface area contributed by atoms with Gasteiger partial charge in [-0.25, -0.2) is 0 Å². The molecule has 4 heteroatoms. The molecule has 0 atom stereocenters. The van der Waals surface area contributed by atoms with Gasteiger partial charge in [0.1, 0.15) is 0 Å². The van der Waals surface area contributed by atoms with Crippen LogP contribution in [0, 0.1) is 6.92 Å². The fourth-order valence-electron chi connectivity index (χ4n) is 1.60. The van der Waals surface area contributed by atoms with Gasteiger partial charge >= 0.3 is 0 Å². The van der Waals surface area contributed by atoms with Crippen molar-refractivity contribution >= 4 is 23.1 Å². The molecule has 3 nitrogen and oxygen atoms in total. The Bertz CT molecular complexity index is 455. The van der Waals surface area contributed by atoms with Crippen molar-refractivity contribution in [1.29, 1.82) is 0 Å². The SMILES string of the molecule is Cc1cccc(CCC(=O)NC(C)(C)C(N)=S)c1. The summed E-state index contributed by atoms with van der Waals surface area (Å²) in [6, 6.07) is 8.16. The summed E-state index contributed by atoms with van der Waals surface area (Å²) in [5.41, 5.74) is 7.31. The fourth-order valence-corrected chi connectivity index (χ4v) is 1.65. The van der Waals surface area contributed by atoms with Crippen LogP contribution in [-0.4, -0.2) is 16.4 Å². The van der Waals surface area contributed by atoms with Crippen molar-refractivity contribution < 1.29 is 4.79 Å². The van der Waals surface area contributed by atoms with Gasteiger partial charge in [0.25, 0.3) is 0 Å². The van der Waals surface area contributed by atoms with Gasteiger partial charge in [0.15, 0.2) is 0 Å². The van der Waals surface area contributed by atoms with Crippen molar-refractivity contribution in [2.75, 3.05) is 0 Å². The lowest BCUT2D eigenvalue weighted by molar-refractivity contribution is -0.122. The first-order valence-corrected chi connectivity index (χ1v) is 6.38. The summed E-state index contributed by atoms with van der Waals surface area (Å²) in [6.07, 6.45) is 1.16. The summed E-state index contributed by atoms with van der Waals surface area (Å²) in [5.74, 6) is -0.0330. The summed E-state index contributed by atoms with van der Waals surface area (Å²) < 4.78 is 0. The Kier molecular flexibility index (Phi) is 4.84. The second kappa shape index (κ2) is 5.96. The highest BCUT2D eigenvalue weighted by Crippen LogP contribution is 2.08. The summed E-state index contributed by atoms with van der Waals surface area (Å²) in [4.78, 5) is 12.1. The second-order valence-corrected chi connectivity index (χ2v) is 5.47. The molecule has 0 bridgehead atoms. The molecule has 0 radical (unpaired) electrons. The van der Waals surface area contributed by atoms with Gasteiger partial charge in [-0.3, -0.25) is 4.79 Å². The highest BCUT2D eigenvalue weighted by Gasteiger charge is 2.23. The van der Waals surface area contributed by atoms with Crippen LogP contribution in [0.5, 0.6) is 0 Å². The van der Waals surface area contributed by atoms with Gasteiger partial charge in [-0.05, 0) is 32.8 Å². The predicted octanol–water partition coefficient (Wildman–Crippen LogP) is 2.11. The van der Waals surface area contributed by atoms with Crippen LogP contribution in [0.2, 0.25) is 0 Å². The van der Waals surface area contributed by atoms with Crippen LogP contribution >= 0.6 is 12.2 Å². The van der Waals surface area contributed by atoms with Crippen LogP contribution in [0.4, 0.5) is 0 Å². The van der Waals surface area contributed by atoms with Gasteiger partial charge in [0.2, 0.25) is 5.91 Å². The maximum Gasteiger partial charge on any atom is 0.221 e. The molecule has 0 aliphatic carbocycles. The molecule has 0 fully saturated rings. The number of carbonyl (C=O) groups is 1. The molecule has 0 spiro atoms. The number of hydrogen-bond donors (Lipinski definition) is 2. The number of aryl methyl sites for hydroxylation is 2. The van der Waals surface area contributed by atoms with E-state index in [9.17, 15) is 4.79 Å². The molecule has 0 aliphatic heterocycles. The minimum Gasteiger partial charge on any atom is -0.391 e. The second-order valence-electron chi connectivity index (χ2n) is 5.03. The number of benzene rings is 1. The van der Waals surface area contributed by atoms with E-state index in [4.69, 9.17) is 18.0 Å². The van der Waals surface area contributed by atoms with Gasteiger partial charge in [-0.15, -0.1) is 0 Å². The molecule has 1 rings (SSSR count). The Morgan fingerprint density at radius 2 is 2.11 bits per heavy atom. The van der Waals surface area contributed by atoms with Gasteiger partial charge in [-0.1, -0.05) is 42.0 Å². The lowest BCUT2D eigenvalue weighted by Crippen LogP contribution is -2.52. The molecular weight excluding hydrogens is 244 g/mol. The van der Waals surface area contributed by atoms with E-state index < -0.39 is 5.54 Å². The molecule has 0 aromatic heterocycles. The third kappa shape index (κ3) is 4.45. The van der Waals surface area contributed by atoms with Gasteiger partial charge in [-0.2, -0.15) is 0 Å². The predicted molar refractivity (Wildman–Crippen MR) is 78.5 cm³/mol. The Morgan fingerprint density at radius 1 is 1.44 bits per heavy atom. The monoisotopic (exact) mass is 264 g/mol. The maximum atomic E-state index is 11.8. The molecule has 18 heavy (non-hydrogen) atoms. The summed E-state index contributed by atoms with van der Waals surface area (Å²) in [7, 11) is 0. The van der Waals surface area contributed by atoms with E-state index in [1.54, 1.807) is 13.8 Å². The normalized spacial score (nSPS) is 11.1. The third-order valence-electron chi connectivity index (χ3n) is 2.79. The van der Waals surface area contributed by atoms with E-state index in [0.29, 0.717) is 11.4 Å². The van der Waals surface area contributed by atoms with Crippen LogP contribution < -0.4 is 11.1 Å². The highest BCUT2D eigenvalue weighted by atomic mass is 32.1. The lowest BCUT2D eigenvalue weighted by Gasteiger charge is -2.24. The average molecular weight is 264 g/mol. The molecule has 98 valence electrons.